The van der Waals surface area contributed by atoms with E-state index < -0.39 is 0 Å². The topological polar surface area (TPSA) is 29.5 Å². The van der Waals surface area contributed by atoms with E-state index >= 15 is 0 Å². The Bertz CT molecular complexity index is 230. The fraction of sp³-hybridized carbons (Fsp3) is 0.818. The van der Waals surface area contributed by atoms with Gasteiger partial charge in [0.25, 0.3) is 0 Å². The molecule has 0 amide bonds. The minimum Gasteiger partial charge on any atom is -0.252 e. The van der Waals surface area contributed by atoms with Gasteiger partial charge in [-0.25, -0.2) is 4.89 Å². The minimum atomic E-state index is 0.448. The molecule has 1 saturated carbocycles. The van der Waals surface area contributed by atoms with Crippen LogP contribution in [0.1, 0.15) is 33.1 Å². The zero-order chi connectivity index (χ0) is 9.47. The highest BCUT2D eigenvalue weighted by Gasteiger charge is 2.50. The Labute approximate surface area is 79.5 Å². The van der Waals surface area contributed by atoms with Gasteiger partial charge in [0.05, 0.1) is 6.61 Å². The Morgan fingerprint density at radius 2 is 2.38 bits per heavy atom. The van der Waals surface area contributed by atoms with Crippen LogP contribution >= 0.6 is 0 Å². The summed E-state index contributed by atoms with van der Waals surface area (Å²) in [5.74, 6) is 1.65. The number of hydrogen-bond acceptors (Lipinski definition) is 2. The molecule has 0 radical (unpaired) electrons. The standard InChI is InChI=1S/C11H18O2/c1-11(2)9-4-3-8(5-6-13-12)10(11)7-9/h3,9-10,12H,4-7H2,1-2H3. The van der Waals surface area contributed by atoms with Crippen LogP contribution in [0.5, 0.6) is 0 Å². The number of rotatable bonds is 3. The van der Waals surface area contributed by atoms with Gasteiger partial charge in [0.1, 0.15) is 0 Å². The van der Waals surface area contributed by atoms with Crippen molar-refractivity contribution in [2.45, 2.75) is 33.1 Å². The first-order valence-electron chi connectivity index (χ1n) is 5.11. The van der Waals surface area contributed by atoms with E-state index in [1.165, 1.54) is 18.4 Å². The predicted octanol–water partition coefficient (Wildman–Crippen LogP) is 2.86. The maximum atomic E-state index is 8.30. The van der Waals surface area contributed by atoms with Gasteiger partial charge in [-0.2, -0.15) is 0 Å². The van der Waals surface area contributed by atoms with Crippen molar-refractivity contribution in [2.24, 2.45) is 17.3 Å². The molecule has 0 spiro atoms. The molecule has 0 heterocycles. The third-order valence-corrected chi connectivity index (χ3v) is 4.06. The molecular weight excluding hydrogens is 164 g/mol. The molecule has 2 nitrogen and oxygen atoms in total. The molecule has 1 N–H and O–H groups in total. The van der Waals surface area contributed by atoms with Crippen LogP contribution in [0.25, 0.3) is 0 Å². The summed E-state index contributed by atoms with van der Waals surface area (Å²) in [6.07, 6.45) is 5.83. The monoisotopic (exact) mass is 182 g/mol. The zero-order valence-corrected chi connectivity index (χ0v) is 8.42. The lowest BCUT2D eigenvalue weighted by atomic mass is 9.48. The van der Waals surface area contributed by atoms with Crippen molar-refractivity contribution in [3.05, 3.63) is 11.6 Å². The van der Waals surface area contributed by atoms with Crippen LogP contribution < -0.4 is 0 Å². The molecule has 1 fully saturated rings. The van der Waals surface area contributed by atoms with Crippen LogP contribution in [-0.2, 0) is 4.89 Å². The van der Waals surface area contributed by atoms with Gasteiger partial charge in [-0.3, -0.25) is 5.26 Å². The van der Waals surface area contributed by atoms with E-state index in [1.807, 2.05) is 0 Å². The van der Waals surface area contributed by atoms with Crippen LogP contribution in [-0.4, -0.2) is 11.9 Å². The van der Waals surface area contributed by atoms with Gasteiger partial charge < -0.3 is 0 Å². The molecule has 3 rings (SSSR count). The second-order valence-electron chi connectivity index (χ2n) is 4.90. The summed E-state index contributed by atoms with van der Waals surface area (Å²) in [5, 5.41) is 8.30. The Balaban J connectivity index is 2.01. The quantitative estimate of drug-likeness (QED) is 0.413. The first-order valence-corrected chi connectivity index (χ1v) is 5.11. The highest BCUT2D eigenvalue weighted by molar-refractivity contribution is 5.23. The van der Waals surface area contributed by atoms with Crippen molar-refractivity contribution in [1.29, 1.82) is 0 Å². The van der Waals surface area contributed by atoms with E-state index in [1.54, 1.807) is 0 Å². The molecular formula is C11H18O2. The maximum absolute atomic E-state index is 8.30. The Morgan fingerprint density at radius 3 is 2.92 bits per heavy atom. The maximum Gasteiger partial charge on any atom is 0.0856 e. The van der Waals surface area contributed by atoms with Gasteiger partial charge in [0, 0.05) is 0 Å². The second kappa shape index (κ2) is 3.10. The Morgan fingerprint density at radius 1 is 1.62 bits per heavy atom. The molecule has 2 heteroatoms. The molecule has 74 valence electrons. The van der Waals surface area contributed by atoms with Gasteiger partial charge in [0.15, 0.2) is 0 Å². The SMILES string of the molecule is CC1(C)C2CC=C(CCOO)C1C2. The zero-order valence-electron chi connectivity index (χ0n) is 8.42. The Hall–Kier alpha value is -0.340. The molecule has 0 aromatic rings. The molecule has 0 saturated heterocycles. The summed E-state index contributed by atoms with van der Waals surface area (Å²) in [6, 6.07) is 0. The first kappa shape index (κ1) is 9.22. The molecule has 0 aliphatic heterocycles. The van der Waals surface area contributed by atoms with Crippen LogP contribution in [0.2, 0.25) is 0 Å². The summed E-state index contributed by atoms with van der Waals surface area (Å²) < 4.78 is 0. The molecule has 3 aliphatic carbocycles. The number of allylic oxidation sites excluding steroid dienone is 1. The van der Waals surface area contributed by atoms with E-state index in [0.29, 0.717) is 12.0 Å². The van der Waals surface area contributed by atoms with E-state index in [-0.39, 0.29) is 0 Å². The fourth-order valence-electron chi connectivity index (χ4n) is 2.92. The summed E-state index contributed by atoms with van der Waals surface area (Å²) in [7, 11) is 0. The molecule has 2 unspecified atom stereocenters. The number of fused-ring (bicyclic) bond motifs is 1. The van der Waals surface area contributed by atoms with E-state index in [4.69, 9.17) is 5.26 Å². The van der Waals surface area contributed by atoms with Crippen LogP contribution in [0.3, 0.4) is 0 Å². The third kappa shape index (κ3) is 1.32. The van der Waals surface area contributed by atoms with E-state index in [2.05, 4.69) is 24.8 Å². The minimum absolute atomic E-state index is 0.448. The second-order valence-corrected chi connectivity index (χ2v) is 4.90. The molecule has 3 aliphatic rings. The van der Waals surface area contributed by atoms with Crippen molar-refractivity contribution < 1.29 is 10.1 Å². The van der Waals surface area contributed by atoms with Crippen LogP contribution in [0, 0.1) is 17.3 Å². The summed E-state index contributed by atoms with van der Waals surface area (Å²) >= 11 is 0. The largest absolute Gasteiger partial charge is 0.252 e. The lowest BCUT2D eigenvalue weighted by Gasteiger charge is -2.56. The van der Waals surface area contributed by atoms with Crippen molar-refractivity contribution >= 4 is 0 Å². The lowest BCUT2D eigenvalue weighted by molar-refractivity contribution is -0.241. The summed E-state index contributed by atoms with van der Waals surface area (Å²) in [6.45, 7) is 5.17. The van der Waals surface area contributed by atoms with Gasteiger partial charge >= 0.3 is 0 Å². The van der Waals surface area contributed by atoms with Gasteiger partial charge in [-0.1, -0.05) is 25.5 Å². The normalized spacial score (nSPS) is 35.2. The van der Waals surface area contributed by atoms with Crippen LogP contribution in [0.4, 0.5) is 0 Å². The summed E-state index contributed by atoms with van der Waals surface area (Å²) in [5.41, 5.74) is 2.00. The van der Waals surface area contributed by atoms with Gasteiger partial charge in [-0.05, 0) is 36.5 Å². The highest BCUT2D eigenvalue weighted by Crippen LogP contribution is 2.59. The van der Waals surface area contributed by atoms with E-state index in [9.17, 15) is 0 Å². The van der Waals surface area contributed by atoms with E-state index in [0.717, 1.165) is 18.3 Å². The number of hydrogen-bond donors (Lipinski definition) is 1. The highest BCUT2D eigenvalue weighted by atomic mass is 17.1. The lowest BCUT2D eigenvalue weighted by Crippen LogP contribution is -2.48. The third-order valence-electron chi connectivity index (χ3n) is 4.06. The fourth-order valence-corrected chi connectivity index (χ4v) is 2.92. The van der Waals surface area contributed by atoms with Crippen LogP contribution in [0.15, 0.2) is 11.6 Å². The molecule has 13 heavy (non-hydrogen) atoms. The molecule has 2 atom stereocenters. The van der Waals surface area contributed by atoms with Crippen molar-refractivity contribution in [3.63, 3.8) is 0 Å². The first-order chi connectivity index (χ1) is 6.16. The average Bonchev–Trinajstić information content (AvgIpc) is 2.14. The van der Waals surface area contributed by atoms with Crippen molar-refractivity contribution in [3.8, 4) is 0 Å². The van der Waals surface area contributed by atoms with Crippen molar-refractivity contribution in [2.75, 3.05) is 6.61 Å². The van der Waals surface area contributed by atoms with Crippen molar-refractivity contribution in [1.82, 2.24) is 0 Å². The summed E-state index contributed by atoms with van der Waals surface area (Å²) in [4.78, 5) is 4.14. The predicted molar refractivity (Wildman–Crippen MR) is 51.3 cm³/mol. The molecule has 2 bridgehead atoms. The average molecular weight is 182 g/mol. The smallest absolute Gasteiger partial charge is 0.0856 e. The Kier molecular flexibility index (Phi) is 2.20. The van der Waals surface area contributed by atoms with Gasteiger partial charge in [0.2, 0.25) is 0 Å². The molecule has 0 aromatic heterocycles. The molecule has 0 aromatic carbocycles. The van der Waals surface area contributed by atoms with Gasteiger partial charge in [-0.15, -0.1) is 0 Å².